The normalized spacial score (nSPS) is 22.7. The number of rotatable bonds is 2. The van der Waals surface area contributed by atoms with E-state index < -0.39 is 0 Å². The molecule has 0 aromatic carbocycles. The maximum absolute atomic E-state index is 12.7. The van der Waals surface area contributed by atoms with Gasteiger partial charge in [-0.2, -0.15) is 4.37 Å². The van der Waals surface area contributed by atoms with Gasteiger partial charge in [0.1, 0.15) is 5.69 Å². The number of aromatic nitrogens is 2. The topological polar surface area (TPSA) is 46.1 Å². The first kappa shape index (κ1) is 13.0. The fraction of sp³-hybridized carbons (Fsp3) is 0.438. The molecule has 1 atom stereocenters. The van der Waals surface area contributed by atoms with Gasteiger partial charge in [-0.25, -0.2) is 0 Å². The predicted octanol–water partition coefficient (Wildman–Crippen LogP) is 3.21. The molecule has 0 unspecified atom stereocenters. The second-order valence-electron chi connectivity index (χ2n) is 6.16. The van der Waals surface area contributed by atoms with E-state index >= 15 is 0 Å². The molecule has 4 rings (SSSR count). The van der Waals surface area contributed by atoms with Crippen LogP contribution in [0.25, 0.3) is 0 Å². The molecule has 1 aliphatic carbocycles. The van der Waals surface area contributed by atoms with Crippen molar-refractivity contribution in [1.29, 1.82) is 0 Å². The van der Waals surface area contributed by atoms with Crippen LogP contribution < -0.4 is 0 Å². The van der Waals surface area contributed by atoms with Crippen LogP contribution in [0, 0.1) is 12.3 Å². The van der Waals surface area contributed by atoms with Crippen LogP contribution in [-0.2, 0) is 0 Å². The van der Waals surface area contributed by atoms with Crippen molar-refractivity contribution in [1.82, 2.24) is 14.3 Å². The van der Waals surface area contributed by atoms with E-state index in [4.69, 9.17) is 0 Å². The fourth-order valence-electron chi connectivity index (χ4n) is 3.67. The zero-order chi connectivity index (χ0) is 14.4. The van der Waals surface area contributed by atoms with E-state index in [0.717, 1.165) is 17.0 Å². The second kappa shape index (κ2) is 4.63. The van der Waals surface area contributed by atoms with E-state index in [1.54, 1.807) is 6.20 Å². The van der Waals surface area contributed by atoms with E-state index in [9.17, 15) is 4.79 Å². The Morgan fingerprint density at radius 2 is 2.33 bits per heavy atom. The molecule has 2 aromatic rings. The standard InChI is InChI=1S/C16H17N3OS/c1-11-8-13(18-21-11)15(20)19-10-16(5-3-6-16)14(19)12-4-2-7-17-9-12/h2,4,7-9,14H,3,5-6,10H2,1H3/t14-/m1/s1. The van der Waals surface area contributed by atoms with Crippen molar-refractivity contribution in [2.45, 2.75) is 32.2 Å². The Morgan fingerprint density at radius 1 is 1.48 bits per heavy atom. The Bertz CT molecular complexity index is 678. The van der Waals surface area contributed by atoms with Gasteiger partial charge in [-0.3, -0.25) is 9.78 Å². The number of aryl methyl sites for hydroxylation is 1. The third kappa shape index (κ3) is 1.91. The number of hydrogen-bond acceptors (Lipinski definition) is 4. The number of pyridine rings is 1. The molecule has 1 spiro atoms. The van der Waals surface area contributed by atoms with Gasteiger partial charge in [0.2, 0.25) is 0 Å². The molecule has 1 saturated carbocycles. The zero-order valence-electron chi connectivity index (χ0n) is 12.0. The minimum Gasteiger partial charge on any atom is -0.329 e. The van der Waals surface area contributed by atoms with Crippen molar-refractivity contribution >= 4 is 17.4 Å². The molecule has 0 radical (unpaired) electrons. The Labute approximate surface area is 128 Å². The van der Waals surface area contributed by atoms with Crippen LogP contribution in [0.2, 0.25) is 0 Å². The highest BCUT2D eigenvalue weighted by Crippen LogP contribution is 2.60. The average molecular weight is 299 g/mol. The minimum atomic E-state index is 0.0609. The Kier molecular flexibility index (Phi) is 2.85. The van der Waals surface area contributed by atoms with E-state index in [-0.39, 0.29) is 11.9 Å². The SMILES string of the molecule is Cc1cc(C(=O)N2CC3(CCC3)[C@H]2c2cccnc2)ns1. The number of nitrogens with zero attached hydrogens (tertiary/aromatic N) is 3. The fourth-order valence-corrected chi connectivity index (χ4v) is 4.21. The summed E-state index contributed by atoms with van der Waals surface area (Å²) in [5.74, 6) is 0.0609. The van der Waals surface area contributed by atoms with E-state index in [2.05, 4.69) is 15.4 Å². The van der Waals surface area contributed by atoms with Crippen LogP contribution in [0.1, 0.15) is 46.2 Å². The molecule has 1 amide bonds. The smallest absolute Gasteiger partial charge is 0.274 e. The molecular weight excluding hydrogens is 282 g/mol. The lowest BCUT2D eigenvalue weighted by molar-refractivity contribution is -0.105. The van der Waals surface area contributed by atoms with Crippen molar-refractivity contribution in [2.24, 2.45) is 5.41 Å². The van der Waals surface area contributed by atoms with Gasteiger partial charge < -0.3 is 4.90 Å². The lowest BCUT2D eigenvalue weighted by atomic mass is 9.56. The first-order valence-electron chi connectivity index (χ1n) is 7.34. The number of carbonyl (C=O) groups excluding carboxylic acids is 1. The third-order valence-corrected chi connectivity index (χ3v) is 5.53. The molecule has 4 nitrogen and oxygen atoms in total. The van der Waals surface area contributed by atoms with Crippen LogP contribution in [0.3, 0.4) is 0 Å². The molecule has 3 heterocycles. The first-order chi connectivity index (χ1) is 10.2. The molecule has 2 aliphatic rings. The number of hydrogen-bond donors (Lipinski definition) is 0. The van der Waals surface area contributed by atoms with E-state index in [0.29, 0.717) is 11.1 Å². The lowest BCUT2D eigenvalue weighted by Crippen LogP contribution is -2.63. The van der Waals surface area contributed by atoms with Crippen molar-refractivity contribution in [3.05, 3.63) is 46.7 Å². The van der Waals surface area contributed by atoms with Crippen LogP contribution in [0.5, 0.6) is 0 Å². The van der Waals surface area contributed by atoms with Gasteiger partial charge in [0, 0.05) is 29.2 Å². The van der Waals surface area contributed by atoms with Crippen molar-refractivity contribution in [2.75, 3.05) is 6.54 Å². The van der Waals surface area contributed by atoms with Gasteiger partial charge in [0.05, 0.1) is 6.04 Å². The number of amides is 1. The second-order valence-corrected chi connectivity index (χ2v) is 7.17. The summed E-state index contributed by atoms with van der Waals surface area (Å²) in [6, 6.07) is 6.10. The van der Waals surface area contributed by atoms with Gasteiger partial charge in [-0.1, -0.05) is 12.5 Å². The van der Waals surface area contributed by atoms with Gasteiger partial charge in [-0.15, -0.1) is 0 Å². The first-order valence-corrected chi connectivity index (χ1v) is 8.11. The molecule has 21 heavy (non-hydrogen) atoms. The summed E-state index contributed by atoms with van der Waals surface area (Å²) in [6.45, 7) is 2.85. The summed E-state index contributed by atoms with van der Waals surface area (Å²) in [7, 11) is 0. The van der Waals surface area contributed by atoms with Crippen molar-refractivity contribution in [3.63, 3.8) is 0 Å². The quantitative estimate of drug-likeness (QED) is 0.855. The minimum absolute atomic E-state index is 0.0609. The molecule has 0 bridgehead atoms. The Balaban J connectivity index is 1.65. The van der Waals surface area contributed by atoms with Gasteiger partial charge in [0.25, 0.3) is 5.91 Å². The third-order valence-electron chi connectivity index (χ3n) is 4.83. The van der Waals surface area contributed by atoms with Gasteiger partial charge in [-0.05, 0) is 49.0 Å². The monoisotopic (exact) mass is 299 g/mol. The molecule has 1 saturated heterocycles. The lowest BCUT2D eigenvalue weighted by Gasteiger charge is -2.62. The summed E-state index contributed by atoms with van der Waals surface area (Å²) < 4.78 is 4.27. The molecular formula is C16H17N3OS. The van der Waals surface area contributed by atoms with Gasteiger partial charge in [0.15, 0.2) is 0 Å². The predicted molar refractivity (Wildman–Crippen MR) is 81.1 cm³/mol. The van der Waals surface area contributed by atoms with Gasteiger partial charge >= 0.3 is 0 Å². The molecule has 5 heteroatoms. The zero-order valence-corrected chi connectivity index (χ0v) is 12.8. The maximum atomic E-state index is 12.7. The molecule has 2 fully saturated rings. The summed E-state index contributed by atoms with van der Waals surface area (Å²) in [6.07, 6.45) is 7.38. The summed E-state index contributed by atoms with van der Waals surface area (Å²) in [5.41, 5.74) is 2.04. The molecule has 108 valence electrons. The highest BCUT2D eigenvalue weighted by Gasteiger charge is 2.58. The molecule has 1 aliphatic heterocycles. The summed E-state index contributed by atoms with van der Waals surface area (Å²) in [4.78, 5) is 20.0. The van der Waals surface area contributed by atoms with Crippen LogP contribution in [-0.4, -0.2) is 26.7 Å². The van der Waals surface area contributed by atoms with E-state index in [1.165, 1.54) is 30.8 Å². The highest BCUT2D eigenvalue weighted by atomic mass is 32.1. The van der Waals surface area contributed by atoms with Crippen molar-refractivity contribution < 1.29 is 4.79 Å². The molecule has 2 aromatic heterocycles. The Morgan fingerprint density at radius 3 is 2.90 bits per heavy atom. The molecule has 0 N–H and O–H groups in total. The highest BCUT2D eigenvalue weighted by molar-refractivity contribution is 7.05. The van der Waals surface area contributed by atoms with Crippen LogP contribution >= 0.6 is 11.5 Å². The summed E-state index contributed by atoms with van der Waals surface area (Å²) >= 11 is 1.39. The largest absolute Gasteiger partial charge is 0.329 e. The Hall–Kier alpha value is -1.75. The number of likely N-dealkylation sites (tertiary alicyclic amines) is 1. The summed E-state index contributed by atoms with van der Waals surface area (Å²) in [5, 5.41) is 0. The van der Waals surface area contributed by atoms with E-state index in [1.807, 2.05) is 30.2 Å². The van der Waals surface area contributed by atoms with Crippen molar-refractivity contribution in [3.8, 4) is 0 Å². The van der Waals surface area contributed by atoms with Crippen LogP contribution in [0.15, 0.2) is 30.6 Å². The number of carbonyl (C=O) groups is 1. The maximum Gasteiger partial charge on any atom is 0.274 e. The van der Waals surface area contributed by atoms with Crippen LogP contribution in [0.4, 0.5) is 0 Å². The average Bonchev–Trinajstić information content (AvgIpc) is 2.84.